The number of fused-ring (bicyclic) bond motifs is 8. The highest BCUT2D eigenvalue weighted by molar-refractivity contribution is 5.19. The maximum atomic E-state index is 5.88. The van der Waals surface area contributed by atoms with Crippen molar-refractivity contribution in [3.05, 3.63) is 0 Å². The first-order chi connectivity index (χ1) is 9.20. The fourth-order valence-corrected chi connectivity index (χ4v) is 7.82. The Morgan fingerprint density at radius 1 is 0.789 bits per heavy atom. The van der Waals surface area contributed by atoms with Crippen LogP contribution in [0.3, 0.4) is 0 Å². The molecule has 0 aromatic rings. The van der Waals surface area contributed by atoms with Crippen LogP contribution in [0.15, 0.2) is 0 Å². The topological polar surface area (TPSA) is 26.0 Å². The van der Waals surface area contributed by atoms with Crippen LogP contribution in [0.4, 0.5) is 0 Å². The van der Waals surface area contributed by atoms with E-state index < -0.39 is 0 Å². The van der Waals surface area contributed by atoms with E-state index in [0.29, 0.717) is 0 Å². The van der Waals surface area contributed by atoms with Gasteiger partial charge in [0.25, 0.3) is 0 Å². The summed E-state index contributed by atoms with van der Waals surface area (Å²) in [5.41, 5.74) is 5.88. The predicted molar refractivity (Wildman–Crippen MR) is 77.3 cm³/mol. The van der Waals surface area contributed by atoms with Crippen molar-refractivity contribution < 1.29 is 0 Å². The van der Waals surface area contributed by atoms with E-state index in [1.807, 2.05) is 0 Å². The molecule has 5 aliphatic rings. The Labute approximate surface area is 117 Å². The predicted octanol–water partition coefficient (Wildman–Crippen LogP) is 3.39. The lowest BCUT2D eigenvalue weighted by molar-refractivity contribution is -0.218. The van der Waals surface area contributed by atoms with Crippen LogP contribution in [0.5, 0.6) is 0 Å². The number of hydrogen-bond acceptors (Lipinski definition) is 1. The monoisotopic (exact) mass is 259 g/mol. The summed E-state index contributed by atoms with van der Waals surface area (Å²) in [4.78, 5) is 0. The summed E-state index contributed by atoms with van der Waals surface area (Å²) < 4.78 is 0. The van der Waals surface area contributed by atoms with Gasteiger partial charge in [-0.3, -0.25) is 0 Å². The minimum atomic E-state index is 0.860. The van der Waals surface area contributed by atoms with Crippen LogP contribution in [0.25, 0.3) is 0 Å². The lowest BCUT2D eigenvalue weighted by atomic mass is 9.35. The molecule has 5 aliphatic carbocycles. The van der Waals surface area contributed by atoms with E-state index in [2.05, 4.69) is 13.8 Å². The summed E-state index contributed by atoms with van der Waals surface area (Å²) in [6, 6.07) is 0. The molecule has 0 heterocycles. The molecule has 0 aliphatic heterocycles. The summed E-state index contributed by atoms with van der Waals surface area (Å²) in [6.07, 6.45) is 6.26. The molecule has 11 unspecified atom stereocenters. The first-order valence-corrected chi connectivity index (χ1v) is 8.90. The normalized spacial score (nSPS) is 68.7. The molecule has 0 spiro atoms. The van der Waals surface area contributed by atoms with E-state index in [-0.39, 0.29) is 0 Å². The maximum Gasteiger partial charge on any atom is -0.00461 e. The minimum Gasteiger partial charge on any atom is -0.330 e. The SMILES string of the molecule is CC1CC2CC1C1C2C2CC(C3CC(CN)C3C)C21. The molecule has 5 fully saturated rings. The number of nitrogens with two attached hydrogens (primary N) is 1. The van der Waals surface area contributed by atoms with Gasteiger partial charge >= 0.3 is 0 Å². The van der Waals surface area contributed by atoms with Crippen molar-refractivity contribution in [2.24, 2.45) is 70.8 Å². The largest absolute Gasteiger partial charge is 0.330 e. The molecule has 0 amide bonds. The third-order valence-corrected chi connectivity index (χ3v) is 8.78. The molecular formula is C18H29N. The van der Waals surface area contributed by atoms with Crippen LogP contribution in [0.1, 0.15) is 39.5 Å². The first-order valence-electron chi connectivity index (χ1n) is 8.90. The quantitative estimate of drug-likeness (QED) is 0.808. The van der Waals surface area contributed by atoms with E-state index >= 15 is 0 Å². The third-order valence-electron chi connectivity index (χ3n) is 8.78. The second kappa shape index (κ2) is 3.59. The van der Waals surface area contributed by atoms with Gasteiger partial charge in [0.15, 0.2) is 0 Å². The Hall–Kier alpha value is -0.0400. The van der Waals surface area contributed by atoms with E-state index in [1.165, 1.54) is 30.1 Å². The van der Waals surface area contributed by atoms with Crippen LogP contribution in [0.2, 0.25) is 0 Å². The first kappa shape index (κ1) is 11.6. The van der Waals surface area contributed by atoms with E-state index in [1.54, 1.807) is 19.3 Å². The lowest BCUT2D eigenvalue weighted by Gasteiger charge is -2.70. The van der Waals surface area contributed by atoms with Gasteiger partial charge in [0.05, 0.1) is 0 Å². The molecule has 5 saturated carbocycles. The summed E-state index contributed by atoms with van der Waals surface area (Å²) in [5, 5.41) is 0. The van der Waals surface area contributed by atoms with E-state index in [0.717, 1.165) is 48.0 Å². The van der Waals surface area contributed by atoms with Gasteiger partial charge in [-0.15, -0.1) is 0 Å². The Morgan fingerprint density at radius 2 is 1.63 bits per heavy atom. The summed E-state index contributed by atoms with van der Waals surface area (Å²) >= 11 is 0. The summed E-state index contributed by atoms with van der Waals surface area (Å²) in [7, 11) is 0. The molecule has 0 aromatic heterocycles. The zero-order valence-electron chi connectivity index (χ0n) is 12.5. The fraction of sp³-hybridized carbons (Fsp3) is 1.00. The van der Waals surface area contributed by atoms with Crippen molar-refractivity contribution in [2.45, 2.75) is 39.5 Å². The van der Waals surface area contributed by atoms with Crippen molar-refractivity contribution in [3.63, 3.8) is 0 Å². The number of hydrogen-bond donors (Lipinski definition) is 1. The van der Waals surface area contributed by atoms with Crippen LogP contribution in [-0.4, -0.2) is 6.54 Å². The van der Waals surface area contributed by atoms with Crippen molar-refractivity contribution in [2.75, 3.05) is 6.54 Å². The smallest absolute Gasteiger partial charge is 0.00461 e. The lowest BCUT2D eigenvalue weighted by Crippen LogP contribution is -2.65. The molecule has 19 heavy (non-hydrogen) atoms. The van der Waals surface area contributed by atoms with Crippen LogP contribution in [0, 0.1) is 65.1 Å². The molecule has 5 rings (SSSR count). The Bertz CT molecular complexity index is 402. The Balaban J connectivity index is 1.31. The average molecular weight is 259 g/mol. The van der Waals surface area contributed by atoms with Crippen molar-refractivity contribution in [1.29, 1.82) is 0 Å². The van der Waals surface area contributed by atoms with Crippen molar-refractivity contribution in [3.8, 4) is 0 Å². The summed E-state index contributed by atoms with van der Waals surface area (Å²) in [5.74, 6) is 12.1. The second-order valence-electron chi connectivity index (χ2n) is 8.92. The Morgan fingerprint density at radius 3 is 2.37 bits per heavy atom. The molecule has 1 nitrogen and oxygen atoms in total. The Kier molecular flexibility index (Phi) is 2.19. The molecule has 1 heteroatoms. The fourth-order valence-electron chi connectivity index (χ4n) is 7.82. The van der Waals surface area contributed by atoms with Gasteiger partial charge in [-0.05, 0) is 97.3 Å². The average Bonchev–Trinajstić information content (AvgIpc) is 2.85. The molecule has 0 radical (unpaired) electrons. The highest BCUT2D eigenvalue weighted by Gasteiger charge is 2.71. The van der Waals surface area contributed by atoms with Crippen molar-refractivity contribution >= 4 is 0 Å². The molecule has 11 atom stereocenters. The molecule has 2 bridgehead atoms. The highest BCUT2D eigenvalue weighted by Crippen LogP contribution is 2.76. The van der Waals surface area contributed by atoms with Crippen LogP contribution < -0.4 is 5.73 Å². The highest BCUT2D eigenvalue weighted by atomic mass is 14.8. The van der Waals surface area contributed by atoms with E-state index in [9.17, 15) is 0 Å². The summed E-state index contributed by atoms with van der Waals surface area (Å²) in [6.45, 7) is 5.96. The number of rotatable bonds is 2. The standard InChI is InChI=1S/C18H29N/c1-8-3-10-4-12(8)18-16(10)15-6-14(17(15)18)13-5-11(7-19)9(13)2/h8-18H,3-7,19H2,1-2H3. The van der Waals surface area contributed by atoms with Gasteiger partial charge in [0, 0.05) is 0 Å². The van der Waals surface area contributed by atoms with Crippen LogP contribution >= 0.6 is 0 Å². The maximum absolute atomic E-state index is 5.88. The van der Waals surface area contributed by atoms with Gasteiger partial charge in [-0.25, -0.2) is 0 Å². The third kappa shape index (κ3) is 1.19. The molecule has 0 saturated heterocycles. The zero-order valence-corrected chi connectivity index (χ0v) is 12.5. The van der Waals surface area contributed by atoms with Gasteiger partial charge in [0.1, 0.15) is 0 Å². The van der Waals surface area contributed by atoms with Gasteiger partial charge in [-0.2, -0.15) is 0 Å². The van der Waals surface area contributed by atoms with Gasteiger partial charge in [-0.1, -0.05) is 13.8 Å². The molecule has 106 valence electrons. The zero-order chi connectivity index (χ0) is 12.9. The van der Waals surface area contributed by atoms with Crippen LogP contribution in [-0.2, 0) is 0 Å². The second-order valence-corrected chi connectivity index (χ2v) is 8.92. The molecule has 0 aromatic carbocycles. The van der Waals surface area contributed by atoms with Gasteiger partial charge in [0.2, 0.25) is 0 Å². The van der Waals surface area contributed by atoms with E-state index in [4.69, 9.17) is 5.73 Å². The van der Waals surface area contributed by atoms with Crippen molar-refractivity contribution in [1.82, 2.24) is 0 Å². The minimum absolute atomic E-state index is 0.860. The molecular weight excluding hydrogens is 230 g/mol. The molecule has 2 N–H and O–H groups in total. The van der Waals surface area contributed by atoms with Gasteiger partial charge < -0.3 is 5.73 Å².